The van der Waals surface area contributed by atoms with Crippen molar-refractivity contribution in [3.05, 3.63) is 0 Å². The van der Waals surface area contributed by atoms with Crippen LogP contribution in [0.2, 0.25) is 25.2 Å². The quantitative estimate of drug-likeness (QED) is 0.322. The topological polar surface area (TPSA) is 22.2 Å². The van der Waals surface area contributed by atoms with Crippen LogP contribution in [-0.2, 0) is 4.43 Å². The van der Waals surface area contributed by atoms with E-state index in [2.05, 4.69) is 46.8 Å². The Morgan fingerprint density at radius 1 is 0.724 bits per heavy atom. The predicted molar refractivity (Wildman–Crippen MR) is 132 cm³/mol. The maximum absolute atomic E-state index is 5.66. The predicted octanol–water partition coefficient (Wildman–Crippen LogP) is 2.54. The van der Waals surface area contributed by atoms with Crippen molar-refractivity contribution in [3.8, 4) is 0 Å². The molecule has 0 amide bonds. The van der Waals surface area contributed by atoms with Crippen LogP contribution in [0.25, 0.3) is 0 Å². The van der Waals surface area contributed by atoms with Crippen molar-refractivity contribution >= 4 is 17.8 Å². The molecule has 0 radical (unpaired) electrons. The number of piperazine rings is 2. The summed E-state index contributed by atoms with van der Waals surface area (Å²) in [6.07, 6.45) is 8.57. The van der Waals surface area contributed by atoms with Crippen molar-refractivity contribution in [2.45, 2.75) is 69.5 Å². The molecule has 7 heteroatoms. The number of hydrogen-bond donors (Lipinski definition) is 0. The monoisotopic (exact) mass is 442 g/mol. The summed E-state index contributed by atoms with van der Waals surface area (Å²) in [7, 11) is 5.07. The summed E-state index contributed by atoms with van der Waals surface area (Å²) in [5.41, 5.74) is 0. The van der Waals surface area contributed by atoms with Crippen molar-refractivity contribution in [1.82, 2.24) is 19.6 Å². The molecule has 2 aliphatic heterocycles. The normalized spacial score (nSPS) is 21.7. The fraction of sp³-hybridized carbons (Fsp3) is 1.00. The first-order valence-corrected chi connectivity index (χ1v) is 17.2. The van der Waals surface area contributed by atoms with Crippen molar-refractivity contribution < 1.29 is 4.43 Å². The van der Waals surface area contributed by atoms with Gasteiger partial charge in [-0.1, -0.05) is 44.6 Å². The van der Waals surface area contributed by atoms with Gasteiger partial charge >= 0.3 is 0 Å². The van der Waals surface area contributed by atoms with E-state index in [0.717, 1.165) is 5.79 Å². The van der Waals surface area contributed by atoms with E-state index in [9.17, 15) is 0 Å². The lowest BCUT2D eigenvalue weighted by Crippen LogP contribution is -2.61. The molecule has 0 atom stereocenters. The van der Waals surface area contributed by atoms with Crippen molar-refractivity contribution in [1.29, 1.82) is 0 Å². The maximum atomic E-state index is 5.66. The van der Waals surface area contributed by atoms with Crippen molar-refractivity contribution in [3.63, 3.8) is 0 Å². The minimum absolute atomic E-state index is 0.0601. The largest absolute Gasteiger partial charge is 0.420 e. The highest BCUT2D eigenvalue weighted by molar-refractivity contribution is 6.71. The second-order valence-corrected chi connectivity index (χ2v) is 16.6. The van der Waals surface area contributed by atoms with E-state index in [1.165, 1.54) is 103 Å². The first-order chi connectivity index (χ1) is 13.9. The van der Waals surface area contributed by atoms with Gasteiger partial charge in [0.05, 0.1) is 9.52 Å². The highest BCUT2D eigenvalue weighted by Gasteiger charge is 2.29. The van der Waals surface area contributed by atoms with E-state index in [4.69, 9.17) is 4.43 Å². The van der Waals surface area contributed by atoms with Crippen LogP contribution in [0.15, 0.2) is 0 Å². The maximum Gasteiger partial charge on any atom is 0.186 e. The zero-order valence-electron chi connectivity index (χ0n) is 20.3. The summed E-state index contributed by atoms with van der Waals surface area (Å²) in [4.78, 5) is 10.7. The van der Waals surface area contributed by atoms with Gasteiger partial charge < -0.3 is 14.2 Å². The highest BCUT2D eigenvalue weighted by Crippen LogP contribution is 2.18. The number of likely N-dealkylation sites (N-methyl/N-ethyl adjacent to an activating group) is 2. The Hall–Kier alpha value is 0.234. The van der Waals surface area contributed by atoms with E-state index in [0.29, 0.717) is 0 Å². The lowest BCUT2D eigenvalue weighted by Gasteiger charge is -2.46. The Morgan fingerprint density at radius 2 is 1.17 bits per heavy atom. The first kappa shape index (κ1) is 25.5. The summed E-state index contributed by atoms with van der Waals surface area (Å²) >= 11 is 0. The van der Waals surface area contributed by atoms with Crippen LogP contribution in [0.3, 0.4) is 0 Å². The van der Waals surface area contributed by atoms with E-state index in [1.54, 1.807) is 0 Å². The Kier molecular flexibility index (Phi) is 12.0. The molecule has 0 spiro atoms. The molecule has 172 valence electrons. The zero-order valence-corrected chi connectivity index (χ0v) is 22.7. The Balaban J connectivity index is 1.62. The van der Waals surface area contributed by atoms with Gasteiger partial charge in [-0.05, 0) is 33.2 Å². The average Bonchev–Trinajstić information content (AvgIpc) is 2.71. The van der Waals surface area contributed by atoms with E-state index in [-0.39, 0.29) is 9.52 Å². The summed E-state index contributed by atoms with van der Waals surface area (Å²) in [5, 5.41) is 0. The summed E-state index contributed by atoms with van der Waals surface area (Å²) in [6, 6.07) is 2.86. The molecule has 5 nitrogen and oxygen atoms in total. The molecule has 2 heterocycles. The standard InChI is InChI=1S/C22H50N4OSi2/c1-23-12-16-25(17-13-23)22(26-18-14-24(2)15-19-26)28-20-10-8-6-7-9-11-21-29(4,5)27-3/h22H,6-21,28H2,1-5H3. The minimum Gasteiger partial charge on any atom is -0.420 e. The van der Waals surface area contributed by atoms with Gasteiger partial charge in [0, 0.05) is 65.3 Å². The molecular formula is C22H50N4OSi2. The van der Waals surface area contributed by atoms with Gasteiger partial charge in [0.25, 0.3) is 0 Å². The van der Waals surface area contributed by atoms with E-state index >= 15 is 0 Å². The molecule has 0 aromatic heterocycles. The fourth-order valence-electron chi connectivity index (χ4n) is 4.70. The average molecular weight is 443 g/mol. The number of rotatable bonds is 13. The highest BCUT2D eigenvalue weighted by atomic mass is 28.4. The van der Waals surface area contributed by atoms with Gasteiger partial charge in [-0.25, -0.2) is 0 Å². The van der Waals surface area contributed by atoms with Crippen LogP contribution in [0, 0.1) is 0 Å². The van der Waals surface area contributed by atoms with Crippen molar-refractivity contribution in [2.24, 2.45) is 0 Å². The smallest absolute Gasteiger partial charge is 0.186 e. The second-order valence-electron chi connectivity index (χ2n) is 10.1. The Morgan fingerprint density at radius 3 is 1.66 bits per heavy atom. The Bertz CT molecular complexity index is 403. The van der Waals surface area contributed by atoms with Crippen LogP contribution < -0.4 is 0 Å². The number of unbranched alkanes of at least 4 members (excludes halogenated alkanes) is 5. The third-order valence-electron chi connectivity index (χ3n) is 7.21. The molecule has 0 saturated carbocycles. The third-order valence-corrected chi connectivity index (χ3v) is 12.3. The molecule has 0 aromatic rings. The Labute approximate surface area is 185 Å². The van der Waals surface area contributed by atoms with Gasteiger partial charge in [-0.15, -0.1) is 0 Å². The third kappa shape index (κ3) is 9.93. The van der Waals surface area contributed by atoms with Gasteiger partial charge in [-0.3, -0.25) is 9.80 Å². The lowest BCUT2D eigenvalue weighted by atomic mass is 10.1. The van der Waals surface area contributed by atoms with Gasteiger partial charge in [0.1, 0.15) is 0 Å². The van der Waals surface area contributed by atoms with E-state index in [1.807, 2.05) is 7.11 Å². The lowest BCUT2D eigenvalue weighted by molar-refractivity contribution is 0.0311. The summed E-state index contributed by atoms with van der Waals surface area (Å²) in [5.74, 6) is 0.818. The molecule has 0 N–H and O–H groups in total. The molecule has 2 rings (SSSR count). The summed E-state index contributed by atoms with van der Waals surface area (Å²) < 4.78 is 5.66. The molecule has 0 unspecified atom stereocenters. The van der Waals surface area contributed by atoms with Crippen molar-refractivity contribution in [2.75, 3.05) is 73.6 Å². The SMILES string of the molecule is CO[Si](C)(C)CCCCCCCC[SiH2]C(N1CCN(C)CC1)N1CCN(C)CC1. The van der Waals surface area contributed by atoms with Crippen LogP contribution >= 0.6 is 0 Å². The van der Waals surface area contributed by atoms with Crippen LogP contribution in [0.4, 0.5) is 0 Å². The molecular weight excluding hydrogens is 392 g/mol. The van der Waals surface area contributed by atoms with E-state index < -0.39 is 8.32 Å². The first-order valence-electron chi connectivity index (χ1n) is 12.3. The zero-order chi connectivity index (χ0) is 21.1. The number of nitrogens with zero attached hydrogens (tertiary/aromatic N) is 4. The molecule has 2 saturated heterocycles. The fourth-order valence-corrected chi connectivity index (χ4v) is 8.47. The second kappa shape index (κ2) is 13.6. The summed E-state index contributed by atoms with van der Waals surface area (Å²) in [6.45, 7) is 14.8. The molecule has 0 aromatic carbocycles. The van der Waals surface area contributed by atoms with Gasteiger partial charge in [0.15, 0.2) is 8.32 Å². The van der Waals surface area contributed by atoms with Crippen LogP contribution in [-0.4, -0.2) is 117 Å². The molecule has 29 heavy (non-hydrogen) atoms. The molecule has 2 aliphatic rings. The molecule has 2 fully saturated rings. The van der Waals surface area contributed by atoms with Gasteiger partial charge in [-0.2, -0.15) is 0 Å². The van der Waals surface area contributed by atoms with Gasteiger partial charge in [0.2, 0.25) is 0 Å². The molecule has 0 bridgehead atoms. The number of hydrogen-bond acceptors (Lipinski definition) is 5. The van der Waals surface area contributed by atoms with Crippen LogP contribution in [0.5, 0.6) is 0 Å². The molecule has 0 aliphatic carbocycles. The minimum atomic E-state index is -1.32. The van der Waals surface area contributed by atoms with Crippen LogP contribution in [0.1, 0.15) is 38.5 Å².